The van der Waals surface area contributed by atoms with Gasteiger partial charge in [0, 0.05) is 18.0 Å². The number of halogens is 1. The number of hydrogen-bond acceptors (Lipinski definition) is 3. The van der Waals surface area contributed by atoms with Crippen molar-refractivity contribution in [2.75, 3.05) is 17.7 Å². The van der Waals surface area contributed by atoms with Gasteiger partial charge in [-0.1, -0.05) is 23.7 Å². The first kappa shape index (κ1) is 17.6. The third kappa shape index (κ3) is 5.14. The molecule has 0 saturated carbocycles. The summed E-state index contributed by atoms with van der Waals surface area (Å²) in [6.07, 6.45) is 3.06. The van der Waals surface area contributed by atoms with Gasteiger partial charge in [0.1, 0.15) is 5.75 Å². The molecule has 0 aromatic heterocycles. The molecular weight excluding hydrogens is 328 g/mol. The second kappa shape index (κ2) is 8.17. The monoisotopic (exact) mass is 344 g/mol. The molecule has 2 N–H and O–H groups in total. The lowest BCUT2D eigenvalue weighted by molar-refractivity contribution is -0.114. The van der Waals surface area contributed by atoms with Crippen LogP contribution >= 0.6 is 11.6 Å². The minimum atomic E-state index is -0.341. The Kier molecular flexibility index (Phi) is 5.98. The van der Waals surface area contributed by atoms with Gasteiger partial charge in [0.2, 0.25) is 11.8 Å². The van der Waals surface area contributed by atoms with E-state index in [4.69, 9.17) is 16.3 Å². The topological polar surface area (TPSA) is 67.4 Å². The molecule has 24 heavy (non-hydrogen) atoms. The maximum Gasteiger partial charge on any atom is 0.248 e. The van der Waals surface area contributed by atoms with E-state index in [0.717, 1.165) is 5.56 Å². The number of carbonyl (C=O) groups excluding carboxylic acids is 2. The van der Waals surface area contributed by atoms with Gasteiger partial charge in [0.25, 0.3) is 0 Å². The van der Waals surface area contributed by atoms with Gasteiger partial charge in [0.15, 0.2) is 0 Å². The van der Waals surface area contributed by atoms with Crippen molar-refractivity contribution in [1.29, 1.82) is 0 Å². The van der Waals surface area contributed by atoms with Crippen LogP contribution < -0.4 is 15.4 Å². The average Bonchev–Trinajstić information content (AvgIpc) is 2.55. The van der Waals surface area contributed by atoms with Crippen molar-refractivity contribution in [2.24, 2.45) is 0 Å². The molecule has 5 nitrogen and oxygen atoms in total. The summed E-state index contributed by atoms with van der Waals surface area (Å²) in [5.74, 6) is 0.131. The SMILES string of the molecule is COc1cccc(C=CC(=O)Nc2cc(Cl)ccc2NC(C)=O)c1. The predicted molar refractivity (Wildman–Crippen MR) is 96.4 cm³/mol. The van der Waals surface area contributed by atoms with Gasteiger partial charge in [-0.15, -0.1) is 0 Å². The van der Waals surface area contributed by atoms with Crippen molar-refractivity contribution in [3.63, 3.8) is 0 Å². The van der Waals surface area contributed by atoms with Crippen LogP contribution in [0.1, 0.15) is 12.5 Å². The lowest BCUT2D eigenvalue weighted by Gasteiger charge is -2.10. The van der Waals surface area contributed by atoms with Gasteiger partial charge in [-0.2, -0.15) is 0 Å². The predicted octanol–water partition coefficient (Wildman–Crippen LogP) is 3.96. The molecule has 6 heteroatoms. The van der Waals surface area contributed by atoms with Crippen molar-refractivity contribution >= 4 is 40.9 Å². The summed E-state index contributed by atoms with van der Waals surface area (Å²) in [4.78, 5) is 23.3. The van der Waals surface area contributed by atoms with Crippen LogP contribution in [0.3, 0.4) is 0 Å². The van der Waals surface area contributed by atoms with Crippen LogP contribution in [0.5, 0.6) is 5.75 Å². The Morgan fingerprint density at radius 3 is 2.58 bits per heavy atom. The van der Waals surface area contributed by atoms with Crippen LogP contribution in [-0.4, -0.2) is 18.9 Å². The average molecular weight is 345 g/mol. The Morgan fingerprint density at radius 2 is 1.88 bits per heavy atom. The van der Waals surface area contributed by atoms with Gasteiger partial charge >= 0.3 is 0 Å². The molecule has 0 atom stereocenters. The minimum Gasteiger partial charge on any atom is -0.497 e. The molecule has 0 spiro atoms. The Labute approximate surface area is 145 Å². The highest BCUT2D eigenvalue weighted by Crippen LogP contribution is 2.26. The molecule has 2 aromatic carbocycles. The first-order valence-corrected chi connectivity index (χ1v) is 7.56. The third-order valence-corrected chi connectivity index (χ3v) is 3.31. The van der Waals surface area contributed by atoms with E-state index in [2.05, 4.69) is 10.6 Å². The number of hydrogen-bond donors (Lipinski definition) is 2. The summed E-state index contributed by atoms with van der Waals surface area (Å²) in [6.45, 7) is 1.39. The fourth-order valence-corrected chi connectivity index (χ4v) is 2.18. The van der Waals surface area contributed by atoms with Crippen LogP contribution in [0.4, 0.5) is 11.4 Å². The maximum absolute atomic E-state index is 12.1. The van der Waals surface area contributed by atoms with Gasteiger partial charge in [-0.3, -0.25) is 9.59 Å². The Balaban J connectivity index is 2.12. The zero-order valence-corrected chi connectivity index (χ0v) is 14.1. The summed E-state index contributed by atoms with van der Waals surface area (Å²) in [5, 5.41) is 5.80. The summed E-state index contributed by atoms with van der Waals surface area (Å²) < 4.78 is 5.13. The van der Waals surface area contributed by atoms with Crippen molar-refractivity contribution in [2.45, 2.75) is 6.92 Å². The normalized spacial score (nSPS) is 10.5. The standard InChI is InChI=1S/C18H17ClN2O3/c1-12(22)20-16-8-7-14(19)11-17(16)21-18(23)9-6-13-4-3-5-15(10-13)24-2/h3-11H,1-2H3,(H,20,22)(H,21,23). The van der Waals surface area contributed by atoms with Gasteiger partial charge in [-0.05, 0) is 42.0 Å². The van der Waals surface area contributed by atoms with Crippen LogP contribution in [0.2, 0.25) is 5.02 Å². The quantitative estimate of drug-likeness (QED) is 0.807. The van der Waals surface area contributed by atoms with E-state index in [9.17, 15) is 9.59 Å². The number of amides is 2. The fraction of sp³-hybridized carbons (Fsp3) is 0.111. The molecule has 0 aliphatic carbocycles. The van der Waals surface area contributed by atoms with Gasteiger partial charge < -0.3 is 15.4 Å². The highest BCUT2D eigenvalue weighted by atomic mass is 35.5. The third-order valence-electron chi connectivity index (χ3n) is 3.07. The van der Waals surface area contributed by atoms with Crippen LogP contribution in [0, 0.1) is 0 Å². The lowest BCUT2D eigenvalue weighted by atomic mass is 10.2. The molecule has 0 aliphatic rings. The molecule has 0 bridgehead atoms. The molecule has 0 radical (unpaired) electrons. The second-order valence-electron chi connectivity index (χ2n) is 4.97. The molecule has 2 rings (SSSR count). The maximum atomic E-state index is 12.1. The summed E-state index contributed by atoms with van der Waals surface area (Å²) in [5.41, 5.74) is 1.74. The summed E-state index contributed by atoms with van der Waals surface area (Å²) in [7, 11) is 1.58. The van der Waals surface area contributed by atoms with Gasteiger partial charge in [0.05, 0.1) is 18.5 Å². The number of ether oxygens (including phenoxy) is 1. The second-order valence-corrected chi connectivity index (χ2v) is 5.41. The van der Waals surface area contributed by atoms with Crippen molar-refractivity contribution < 1.29 is 14.3 Å². The molecule has 2 amide bonds. The van der Waals surface area contributed by atoms with Gasteiger partial charge in [-0.25, -0.2) is 0 Å². The van der Waals surface area contributed by atoms with E-state index < -0.39 is 0 Å². The number of carbonyl (C=O) groups is 2. The van der Waals surface area contributed by atoms with E-state index in [0.29, 0.717) is 22.1 Å². The Hall–Kier alpha value is -2.79. The Morgan fingerprint density at radius 1 is 1.08 bits per heavy atom. The van der Waals surface area contributed by atoms with Crippen molar-refractivity contribution in [3.8, 4) is 5.75 Å². The highest BCUT2D eigenvalue weighted by Gasteiger charge is 2.07. The molecule has 0 heterocycles. The first-order chi connectivity index (χ1) is 11.5. The summed E-state index contributed by atoms with van der Waals surface area (Å²) >= 11 is 5.95. The summed E-state index contributed by atoms with van der Waals surface area (Å²) in [6, 6.07) is 12.2. The zero-order chi connectivity index (χ0) is 17.5. The van der Waals surface area contributed by atoms with Crippen LogP contribution in [0.25, 0.3) is 6.08 Å². The largest absolute Gasteiger partial charge is 0.497 e. The minimum absolute atomic E-state index is 0.236. The molecular formula is C18H17ClN2O3. The van der Waals surface area contributed by atoms with E-state index in [1.165, 1.54) is 13.0 Å². The van der Waals surface area contributed by atoms with Crippen LogP contribution in [0.15, 0.2) is 48.5 Å². The fourth-order valence-electron chi connectivity index (χ4n) is 2.01. The number of nitrogens with one attached hydrogen (secondary N) is 2. The Bertz CT molecular complexity index is 788. The molecule has 0 unspecified atom stereocenters. The van der Waals surface area contributed by atoms with E-state index in [-0.39, 0.29) is 11.8 Å². The molecule has 0 saturated heterocycles. The van der Waals surface area contributed by atoms with E-state index in [1.54, 1.807) is 31.4 Å². The van der Waals surface area contributed by atoms with Crippen molar-refractivity contribution in [3.05, 3.63) is 59.1 Å². The number of rotatable bonds is 5. The highest BCUT2D eigenvalue weighted by molar-refractivity contribution is 6.31. The molecule has 124 valence electrons. The smallest absolute Gasteiger partial charge is 0.248 e. The number of anilines is 2. The van der Waals surface area contributed by atoms with Crippen molar-refractivity contribution in [1.82, 2.24) is 0 Å². The molecule has 0 aliphatic heterocycles. The van der Waals surface area contributed by atoms with E-state index in [1.807, 2.05) is 24.3 Å². The lowest BCUT2D eigenvalue weighted by Crippen LogP contribution is -2.13. The zero-order valence-electron chi connectivity index (χ0n) is 13.3. The first-order valence-electron chi connectivity index (χ1n) is 7.18. The van der Waals surface area contributed by atoms with Crippen LogP contribution in [-0.2, 0) is 9.59 Å². The number of benzene rings is 2. The molecule has 2 aromatic rings. The van der Waals surface area contributed by atoms with E-state index >= 15 is 0 Å². The number of methoxy groups -OCH3 is 1. The molecule has 0 fully saturated rings.